The van der Waals surface area contributed by atoms with Crippen molar-refractivity contribution in [2.45, 2.75) is 30.0 Å². The summed E-state index contributed by atoms with van der Waals surface area (Å²) in [7, 11) is -2.56. The zero-order valence-electron chi connectivity index (χ0n) is 18.2. The second kappa shape index (κ2) is 11.7. The Labute approximate surface area is 201 Å². The van der Waals surface area contributed by atoms with Crippen LogP contribution in [0.2, 0.25) is 5.15 Å². The van der Waals surface area contributed by atoms with E-state index in [0.29, 0.717) is 18.4 Å². The molecule has 0 aliphatic rings. The Morgan fingerprint density at radius 3 is 2.47 bits per heavy atom. The molecule has 3 rings (SSSR count). The van der Waals surface area contributed by atoms with Gasteiger partial charge in [-0.3, -0.25) is 0 Å². The summed E-state index contributed by atoms with van der Waals surface area (Å²) >= 11 is 5.73. The zero-order valence-corrected chi connectivity index (χ0v) is 19.8. The molecule has 3 N–H and O–H groups in total. The van der Waals surface area contributed by atoms with Crippen LogP contribution in [0, 0.1) is 11.6 Å². The Bertz CT molecular complexity index is 1190. The van der Waals surface area contributed by atoms with E-state index in [1.165, 1.54) is 12.1 Å². The third-order valence-electron chi connectivity index (χ3n) is 4.98. The highest BCUT2D eigenvalue weighted by Gasteiger charge is 2.27. The molecule has 0 spiro atoms. The number of methoxy groups -OCH3 is 1. The van der Waals surface area contributed by atoms with Crippen LogP contribution in [-0.4, -0.2) is 44.3 Å². The van der Waals surface area contributed by atoms with E-state index < -0.39 is 33.8 Å². The van der Waals surface area contributed by atoms with Gasteiger partial charge in [-0.15, -0.1) is 0 Å². The van der Waals surface area contributed by atoms with E-state index in [9.17, 15) is 22.3 Å². The minimum atomic E-state index is -4.11. The number of aromatic nitrogens is 1. The van der Waals surface area contributed by atoms with E-state index >= 15 is 0 Å². The van der Waals surface area contributed by atoms with Gasteiger partial charge in [0.15, 0.2) is 0 Å². The Hall–Kier alpha value is -2.63. The van der Waals surface area contributed by atoms with Crippen LogP contribution in [0.5, 0.6) is 5.75 Å². The maximum absolute atomic E-state index is 13.7. The highest BCUT2D eigenvalue weighted by atomic mass is 35.5. The lowest BCUT2D eigenvalue weighted by molar-refractivity contribution is 0.134. The van der Waals surface area contributed by atoms with Crippen LogP contribution >= 0.6 is 11.6 Å². The van der Waals surface area contributed by atoms with E-state index in [-0.39, 0.29) is 28.6 Å². The lowest BCUT2D eigenvalue weighted by Crippen LogP contribution is -2.48. The highest BCUT2D eigenvalue weighted by Crippen LogP contribution is 2.16. The van der Waals surface area contributed by atoms with E-state index in [1.807, 2.05) is 18.2 Å². The average Bonchev–Trinajstić information content (AvgIpc) is 2.78. The second-order valence-corrected chi connectivity index (χ2v) is 9.68. The molecule has 0 fully saturated rings. The van der Waals surface area contributed by atoms with Gasteiger partial charge in [-0.1, -0.05) is 23.7 Å². The van der Waals surface area contributed by atoms with E-state index in [0.717, 1.165) is 23.9 Å². The van der Waals surface area contributed by atoms with Crippen LogP contribution in [0.1, 0.15) is 11.1 Å². The molecule has 0 bridgehead atoms. The smallest absolute Gasteiger partial charge is 0.242 e. The van der Waals surface area contributed by atoms with Gasteiger partial charge in [0, 0.05) is 25.4 Å². The molecule has 182 valence electrons. The maximum Gasteiger partial charge on any atom is 0.242 e. The molecule has 0 radical (unpaired) electrons. The summed E-state index contributed by atoms with van der Waals surface area (Å²) in [6.45, 7) is 0.379. The number of ether oxygens (including phenoxy) is 1. The molecule has 3 aromatic rings. The van der Waals surface area contributed by atoms with Gasteiger partial charge < -0.3 is 15.2 Å². The van der Waals surface area contributed by atoms with Crippen molar-refractivity contribution in [2.75, 3.05) is 13.7 Å². The lowest BCUT2D eigenvalue weighted by Gasteiger charge is -2.25. The number of sulfonamides is 1. The number of halogens is 3. The van der Waals surface area contributed by atoms with Crippen LogP contribution < -0.4 is 14.8 Å². The Balaban J connectivity index is 1.76. The first kappa shape index (κ1) is 26.0. The molecule has 2 atom stereocenters. The molecule has 0 aliphatic heterocycles. The van der Waals surface area contributed by atoms with Crippen LogP contribution in [0.15, 0.2) is 65.7 Å². The summed E-state index contributed by atoms with van der Waals surface area (Å²) < 4.78 is 60.7. The number of rotatable bonds is 11. The average molecular weight is 512 g/mol. The van der Waals surface area contributed by atoms with Crippen molar-refractivity contribution in [2.24, 2.45) is 0 Å². The van der Waals surface area contributed by atoms with Crippen LogP contribution in [0.3, 0.4) is 0 Å². The van der Waals surface area contributed by atoms with Crippen molar-refractivity contribution in [1.29, 1.82) is 0 Å². The van der Waals surface area contributed by atoms with Gasteiger partial charge in [-0.25, -0.2) is 26.9 Å². The molecule has 0 amide bonds. The molecule has 7 nitrogen and oxygen atoms in total. The number of aliphatic hydroxyl groups is 1. The fourth-order valence-corrected chi connectivity index (χ4v) is 4.64. The number of hydrogen-bond acceptors (Lipinski definition) is 6. The summed E-state index contributed by atoms with van der Waals surface area (Å²) in [6.07, 6.45) is -0.305. The molecule has 2 aromatic carbocycles. The van der Waals surface area contributed by atoms with Crippen LogP contribution in [0.4, 0.5) is 8.78 Å². The monoisotopic (exact) mass is 511 g/mol. The number of hydrogen-bond donors (Lipinski definition) is 3. The summed E-state index contributed by atoms with van der Waals surface area (Å²) in [5, 5.41) is 14.0. The van der Waals surface area contributed by atoms with Crippen molar-refractivity contribution >= 4 is 21.6 Å². The number of pyridine rings is 1. The molecular formula is C23H24ClF2N3O4S. The summed E-state index contributed by atoms with van der Waals surface area (Å²) in [5.74, 6) is -0.927. The van der Waals surface area contributed by atoms with Crippen molar-refractivity contribution in [3.63, 3.8) is 0 Å². The standard InChI is InChI=1S/C23H24ClF2N3O4S/c1-33-19-4-2-3-15(9-19)12-27-14-22(30)21(10-16-7-17(25)11-18(26)8-16)29-34(31,32)20-5-6-23(24)28-13-20/h2-9,11,13,21-22,27,29-30H,10,12,14H2,1H3/t21-,22+/m1/s1. The summed E-state index contributed by atoms with van der Waals surface area (Å²) in [6, 6.07) is 11.7. The van der Waals surface area contributed by atoms with E-state index in [4.69, 9.17) is 16.3 Å². The van der Waals surface area contributed by atoms with Crippen LogP contribution in [0.25, 0.3) is 0 Å². The van der Waals surface area contributed by atoms with Gasteiger partial charge in [-0.05, 0) is 53.9 Å². The van der Waals surface area contributed by atoms with Gasteiger partial charge in [0.25, 0.3) is 0 Å². The normalized spacial score (nSPS) is 13.4. The van der Waals surface area contributed by atoms with E-state index in [2.05, 4.69) is 15.0 Å². The number of nitrogens with one attached hydrogen (secondary N) is 2. The fraction of sp³-hybridized carbons (Fsp3) is 0.261. The molecule has 0 saturated carbocycles. The molecule has 1 aromatic heterocycles. The SMILES string of the molecule is COc1cccc(CNC[C@H](O)[C@@H](Cc2cc(F)cc(F)c2)NS(=O)(=O)c2ccc(Cl)nc2)c1. The summed E-state index contributed by atoms with van der Waals surface area (Å²) in [5.41, 5.74) is 1.08. The minimum Gasteiger partial charge on any atom is -0.497 e. The Morgan fingerprint density at radius 1 is 1.09 bits per heavy atom. The molecule has 1 heterocycles. The topological polar surface area (TPSA) is 101 Å². The first-order valence-electron chi connectivity index (χ1n) is 10.3. The number of benzene rings is 2. The lowest BCUT2D eigenvalue weighted by atomic mass is 10.0. The molecule has 0 unspecified atom stereocenters. The Morgan fingerprint density at radius 2 is 1.82 bits per heavy atom. The Kier molecular flexibility index (Phi) is 8.92. The van der Waals surface area contributed by atoms with E-state index in [1.54, 1.807) is 13.2 Å². The molecular weight excluding hydrogens is 488 g/mol. The van der Waals surface area contributed by atoms with Crippen molar-refractivity contribution < 1.29 is 27.0 Å². The van der Waals surface area contributed by atoms with Gasteiger partial charge in [-0.2, -0.15) is 0 Å². The quantitative estimate of drug-likeness (QED) is 0.342. The van der Waals surface area contributed by atoms with Gasteiger partial charge in [0.05, 0.1) is 19.3 Å². The first-order chi connectivity index (χ1) is 16.2. The largest absolute Gasteiger partial charge is 0.497 e. The molecule has 34 heavy (non-hydrogen) atoms. The zero-order chi connectivity index (χ0) is 24.7. The maximum atomic E-state index is 13.7. The number of aliphatic hydroxyl groups excluding tert-OH is 1. The van der Waals surface area contributed by atoms with Gasteiger partial charge in [0.2, 0.25) is 10.0 Å². The first-order valence-corrected chi connectivity index (χ1v) is 12.1. The second-order valence-electron chi connectivity index (χ2n) is 7.58. The third kappa shape index (κ3) is 7.44. The minimum absolute atomic E-state index is 0.00105. The third-order valence-corrected chi connectivity index (χ3v) is 6.67. The molecule has 0 aliphatic carbocycles. The number of nitrogens with zero attached hydrogens (tertiary/aromatic N) is 1. The van der Waals surface area contributed by atoms with Crippen LogP contribution in [-0.2, 0) is 23.0 Å². The predicted octanol–water partition coefficient (Wildman–Crippen LogP) is 3.06. The van der Waals surface area contributed by atoms with Crippen molar-refractivity contribution in [3.05, 3.63) is 88.7 Å². The highest BCUT2D eigenvalue weighted by molar-refractivity contribution is 7.89. The van der Waals surface area contributed by atoms with Crippen molar-refractivity contribution in [1.82, 2.24) is 15.0 Å². The van der Waals surface area contributed by atoms with Gasteiger partial charge >= 0.3 is 0 Å². The fourth-order valence-electron chi connectivity index (χ4n) is 3.32. The molecule has 11 heteroatoms. The predicted molar refractivity (Wildman–Crippen MR) is 124 cm³/mol. The van der Waals surface area contributed by atoms with Gasteiger partial charge in [0.1, 0.15) is 27.4 Å². The molecule has 0 saturated heterocycles. The summed E-state index contributed by atoms with van der Waals surface area (Å²) in [4.78, 5) is 3.60. The van der Waals surface area contributed by atoms with Crippen molar-refractivity contribution in [3.8, 4) is 5.75 Å².